The molecule has 0 spiro atoms. The van der Waals surface area contributed by atoms with Crippen molar-refractivity contribution in [3.8, 4) is 0 Å². The third-order valence-electron chi connectivity index (χ3n) is 3.31. The normalized spacial score (nSPS) is 10.7. The van der Waals surface area contributed by atoms with E-state index >= 15 is 0 Å². The Bertz CT molecular complexity index is 771. The summed E-state index contributed by atoms with van der Waals surface area (Å²) in [6.45, 7) is 0. The SMILES string of the molecule is CN(c1cccc(F)c1)c1c(N)cnc2ccccc12. The Balaban J connectivity index is 2.21. The summed E-state index contributed by atoms with van der Waals surface area (Å²) in [4.78, 5) is 6.19. The first kappa shape index (κ1) is 12.4. The number of fused-ring (bicyclic) bond motifs is 1. The zero-order valence-corrected chi connectivity index (χ0v) is 11.0. The van der Waals surface area contributed by atoms with Crippen LogP contribution < -0.4 is 10.6 Å². The van der Waals surface area contributed by atoms with Crippen molar-refractivity contribution < 1.29 is 4.39 Å². The van der Waals surface area contributed by atoms with Gasteiger partial charge >= 0.3 is 0 Å². The standard InChI is InChI=1S/C16H14FN3/c1-20(12-6-4-5-11(17)9-12)16-13-7-2-3-8-15(13)19-10-14(16)18/h2-10H,18H2,1H3. The van der Waals surface area contributed by atoms with Gasteiger partial charge in [-0.3, -0.25) is 4.98 Å². The van der Waals surface area contributed by atoms with Crippen LogP contribution in [-0.4, -0.2) is 12.0 Å². The first-order valence-electron chi connectivity index (χ1n) is 6.29. The summed E-state index contributed by atoms with van der Waals surface area (Å²) >= 11 is 0. The average Bonchev–Trinajstić information content (AvgIpc) is 2.46. The summed E-state index contributed by atoms with van der Waals surface area (Å²) in [6, 6.07) is 14.2. The van der Waals surface area contributed by atoms with Crippen molar-refractivity contribution in [3.05, 3.63) is 60.5 Å². The van der Waals surface area contributed by atoms with E-state index in [4.69, 9.17) is 5.73 Å². The third-order valence-corrected chi connectivity index (χ3v) is 3.31. The molecule has 0 bridgehead atoms. The van der Waals surface area contributed by atoms with Gasteiger partial charge in [-0.25, -0.2) is 4.39 Å². The summed E-state index contributed by atoms with van der Waals surface area (Å²) < 4.78 is 13.4. The van der Waals surface area contributed by atoms with Crippen molar-refractivity contribution in [2.45, 2.75) is 0 Å². The van der Waals surface area contributed by atoms with Crippen LogP contribution in [0, 0.1) is 5.82 Å². The second kappa shape index (κ2) is 4.81. The molecule has 0 unspecified atom stereocenters. The van der Waals surface area contributed by atoms with E-state index in [1.807, 2.05) is 42.3 Å². The lowest BCUT2D eigenvalue weighted by atomic mass is 10.1. The van der Waals surface area contributed by atoms with Gasteiger partial charge in [0.2, 0.25) is 0 Å². The highest BCUT2D eigenvalue weighted by Crippen LogP contribution is 2.34. The van der Waals surface area contributed by atoms with Crippen molar-refractivity contribution >= 4 is 28.0 Å². The molecule has 20 heavy (non-hydrogen) atoms. The molecule has 4 heteroatoms. The van der Waals surface area contributed by atoms with Crippen LogP contribution in [-0.2, 0) is 0 Å². The van der Waals surface area contributed by atoms with Gasteiger partial charge < -0.3 is 10.6 Å². The Morgan fingerprint density at radius 2 is 1.90 bits per heavy atom. The number of aromatic nitrogens is 1. The van der Waals surface area contributed by atoms with Crippen molar-refractivity contribution in [2.24, 2.45) is 0 Å². The second-order valence-corrected chi connectivity index (χ2v) is 4.62. The summed E-state index contributed by atoms with van der Waals surface area (Å²) in [5.41, 5.74) is 9.07. The van der Waals surface area contributed by atoms with Crippen LogP contribution in [0.2, 0.25) is 0 Å². The zero-order chi connectivity index (χ0) is 14.1. The molecule has 0 radical (unpaired) electrons. The molecule has 0 amide bonds. The molecule has 3 rings (SSSR count). The van der Waals surface area contributed by atoms with Crippen molar-refractivity contribution in [1.82, 2.24) is 4.98 Å². The van der Waals surface area contributed by atoms with Crippen LogP contribution in [0.15, 0.2) is 54.7 Å². The smallest absolute Gasteiger partial charge is 0.125 e. The van der Waals surface area contributed by atoms with Crippen LogP contribution in [0.4, 0.5) is 21.5 Å². The Hall–Kier alpha value is -2.62. The van der Waals surface area contributed by atoms with Gasteiger partial charge in [0.15, 0.2) is 0 Å². The Morgan fingerprint density at radius 1 is 1.10 bits per heavy atom. The van der Waals surface area contributed by atoms with Crippen LogP contribution in [0.25, 0.3) is 10.9 Å². The fraction of sp³-hybridized carbons (Fsp3) is 0.0625. The van der Waals surface area contributed by atoms with Gasteiger partial charge in [-0.15, -0.1) is 0 Å². The second-order valence-electron chi connectivity index (χ2n) is 4.62. The maximum Gasteiger partial charge on any atom is 0.125 e. The minimum atomic E-state index is -0.272. The highest BCUT2D eigenvalue weighted by atomic mass is 19.1. The number of benzene rings is 2. The van der Waals surface area contributed by atoms with E-state index in [-0.39, 0.29) is 5.82 Å². The number of rotatable bonds is 2. The Morgan fingerprint density at radius 3 is 2.70 bits per heavy atom. The Labute approximate surface area is 116 Å². The summed E-state index contributed by atoms with van der Waals surface area (Å²) in [6.07, 6.45) is 1.63. The summed E-state index contributed by atoms with van der Waals surface area (Å²) in [5, 5.41) is 0.944. The van der Waals surface area contributed by atoms with Gasteiger partial charge in [-0.05, 0) is 24.3 Å². The maximum absolute atomic E-state index is 13.4. The molecular weight excluding hydrogens is 253 g/mol. The fourth-order valence-electron chi connectivity index (χ4n) is 2.33. The van der Waals surface area contributed by atoms with E-state index in [0.717, 1.165) is 22.3 Å². The summed E-state index contributed by atoms with van der Waals surface area (Å²) in [7, 11) is 1.87. The number of nitrogen functional groups attached to an aromatic ring is 1. The van der Waals surface area contributed by atoms with Gasteiger partial charge in [-0.1, -0.05) is 24.3 Å². The van der Waals surface area contributed by atoms with E-state index in [0.29, 0.717) is 5.69 Å². The molecule has 100 valence electrons. The molecule has 3 aromatic rings. The molecule has 2 aromatic carbocycles. The molecule has 1 aromatic heterocycles. The van der Waals surface area contributed by atoms with Crippen molar-refractivity contribution in [3.63, 3.8) is 0 Å². The van der Waals surface area contributed by atoms with Crippen molar-refractivity contribution in [2.75, 3.05) is 17.7 Å². The molecule has 3 nitrogen and oxygen atoms in total. The van der Waals surface area contributed by atoms with Crippen LogP contribution in [0.1, 0.15) is 0 Å². The van der Waals surface area contributed by atoms with E-state index in [2.05, 4.69) is 4.98 Å². The molecule has 0 saturated heterocycles. The molecule has 0 aliphatic rings. The number of hydrogen-bond acceptors (Lipinski definition) is 3. The molecule has 0 atom stereocenters. The van der Waals surface area contributed by atoms with Crippen LogP contribution in [0.3, 0.4) is 0 Å². The molecule has 1 heterocycles. The van der Waals surface area contributed by atoms with E-state index in [1.54, 1.807) is 12.3 Å². The van der Waals surface area contributed by atoms with Gasteiger partial charge in [0.25, 0.3) is 0 Å². The van der Waals surface area contributed by atoms with Crippen molar-refractivity contribution in [1.29, 1.82) is 0 Å². The lowest BCUT2D eigenvalue weighted by Gasteiger charge is -2.22. The number of nitrogens with two attached hydrogens (primary N) is 1. The zero-order valence-electron chi connectivity index (χ0n) is 11.0. The van der Waals surface area contributed by atoms with Gasteiger partial charge in [0, 0.05) is 18.1 Å². The first-order valence-corrected chi connectivity index (χ1v) is 6.29. The lowest BCUT2D eigenvalue weighted by Crippen LogP contribution is -2.12. The minimum Gasteiger partial charge on any atom is -0.396 e. The first-order chi connectivity index (χ1) is 9.66. The van der Waals surface area contributed by atoms with E-state index in [9.17, 15) is 4.39 Å². The fourth-order valence-corrected chi connectivity index (χ4v) is 2.33. The third kappa shape index (κ3) is 2.05. The van der Waals surface area contributed by atoms with Crippen LogP contribution in [0.5, 0.6) is 0 Å². The molecule has 0 aliphatic carbocycles. The maximum atomic E-state index is 13.4. The number of nitrogens with zero attached hydrogens (tertiary/aromatic N) is 2. The van der Waals surface area contributed by atoms with Crippen LogP contribution >= 0.6 is 0 Å². The number of halogens is 1. The monoisotopic (exact) mass is 267 g/mol. The highest BCUT2D eigenvalue weighted by molar-refractivity contribution is 5.99. The van der Waals surface area contributed by atoms with E-state index in [1.165, 1.54) is 12.1 Å². The summed E-state index contributed by atoms with van der Waals surface area (Å²) in [5.74, 6) is -0.272. The molecular formula is C16H14FN3. The average molecular weight is 267 g/mol. The largest absolute Gasteiger partial charge is 0.396 e. The predicted octanol–water partition coefficient (Wildman–Crippen LogP) is 3.72. The van der Waals surface area contributed by atoms with E-state index < -0.39 is 0 Å². The number of hydrogen-bond donors (Lipinski definition) is 1. The highest BCUT2D eigenvalue weighted by Gasteiger charge is 2.12. The topological polar surface area (TPSA) is 42.1 Å². The predicted molar refractivity (Wildman–Crippen MR) is 80.6 cm³/mol. The van der Waals surface area contributed by atoms with Gasteiger partial charge in [0.1, 0.15) is 5.82 Å². The lowest BCUT2D eigenvalue weighted by molar-refractivity contribution is 0.628. The minimum absolute atomic E-state index is 0.272. The van der Waals surface area contributed by atoms with Gasteiger partial charge in [-0.2, -0.15) is 0 Å². The molecule has 2 N–H and O–H groups in total. The quantitative estimate of drug-likeness (QED) is 0.769. The number of pyridine rings is 1. The molecule has 0 saturated carbocycles. The number of anilines is 3. The Kier molecular flexibility index (Phi) is 2.99. The molecule has 0 fully saturated rings. The van der Waals surface area contributed by atoms with Gasteiger partial charge in [0.05, 0.1) is 23.1 Å². The number of para-hydroxylation sites is 1. The molecule has 0 aliphatic heterocycles.